The van der Waals surface area contributed by atoms with Crippen LogP contribution in [-0.4, -0.2) is 24.2 Å². The molecule has 2 aromatic rings. The second kappa shape index (κ2) is 7.01. The molecule has 0 saturated heterocycles. The smallest absolute Gasteiger partial charge is 0.124 e. The summed E-state index contributed by atoms with van der Waals surface area (Å²) in [5, 5.41) is 0. The Bertz CT molecular complexity index is 658. The van der Waals surface area contributed by atoms with Crippen LogP contribution in [-0.2, 0) is 24.3 Å². The predicted molar refractivity (Wildman–Crippen MR) is 98.4 cm³/mol. The molecular weight excluding hydrogens is 300 g/mol. The quantitative estimate of drug-likeness (QED) is 0.565. The van der Waals surface area contributed by atoms with Crippen molar-refractivity contribution in [1.82, 2.24) is 9.55 Å². The topological polar surface area (TPSA) is 27.1 Å². The molecule has 0 aliphatic heterocycles. The number of hydrogen-bond acceptors (Lipinski definition) is 2. The van der Waals surface area contributed by atoms with Gasteiger partial charge in [0.05, 0.1) is 18.2 Å². The monoisotopic (exact) mass is 328 g/mol. The van der Waals surface area contributed by atoms with E-state index in [1.54, 1.807) is 0 Å². The minimum absolute atomic E-state index is 0.594. The first-order valence-electron chi connectivity index (χ1n) is 8.73. The maximum atomic E-state index is 5.89. The van der Waals surface area contributed by atoms with Gasteiger partial charge in [0, 0.05) is 20.2 Å². The Morgan fingerprint density at radius 2 is 1.91 bits per heavy atom. The van der Waals surface area contributed by atoms with Crippen molar-refractivity contribution in [2.75, 3.05) is 6.61 Å². The fraction of sp³-hybridized carbons (Fsp3) is 0.526. The maximum absolute atomic E-state index is 5.89. The van der Waals surface area contributed by atoms with Gasteiger partial charge in [-0.1, -0.05) is 31.8 Å². The van der Waals surface area contributed by atoms with E-state index in [1.807, 2.05) is 12.5 Å². The highest BCUT2D eigenvalue weighted by Gasteiger charge is 2.14. The second-order valence-corrected chi connectivity index (χ2v) is 13.4. The predicted octanol–water partition coefficient (Wildman–Crippen LogP) is 4.74. The molecule has 1 aliphatic carbocycles. The lowest BCUT2D eigenvalue weighted by Gasteiger charge is -2.18. The number of benzene rings is 1. The van der Waals surface area contributed by atoms with Crippen molar-refractivity contribution in [3.8, 4) is 11.3 Å². The summed E-state index contributed by atoms with van der Waals surface area (Å²) in [4.78, 5) is 4.33. The summed E-state index contributed by atoms with van der Waals surface area (Å²) in [6, 6.07) is 8.09. The van der Waals surface area contributed by atoms with Crippen LogP contribution >= 0.6 is 0 Å². The van der Waals surface area contributed by atoms with Crippen LogP contribution in [0.25, 0.3) is 11.3 Å². The lowest BCUT2D eigenvalue weighted by molar-refractivity contribution is 0.0882. The maximum Gasteiger partial charge on any atom is 0.124 e. The Morgan fingerprint density at radius 3 is 2.70 bits per heavy atom. The number of fused-ring (bicyclic) bond motifs is 1. The Balaban J connectivity index is 1.68. The van der Waals surface area contributed by atoms with E-state index in [0.29, 0.717) is 6.73 Å². The van der Waals surface area contributed by atoms with Gasteiger partial charge in [-0.3, -0.25) is 0 Å². The van der Waals surface area contributed by atoms with Crippen LogP contribution < -0.4 is 0 Å². The normalized spacial score (nSPS) is 14.7. The minimum Gasteiger partial charge on any atom is -0.361 e. The van der Waals surface area contributed by atoms with E-state index in [4.69, 9.17) is 4.74 Å². The van der Waals surface area contributed by atoms with Gasteiger partial charge in [-0.2, -0.15) is 0 Å². The van der Waals surface area contributed by atoms with Crippen LogP contribution in [0, 0.1) is 0 Å². The average Bonchev–Trinajstić information content (AvgIpc) is 2.98. The van der Waals surface area contributed by atoms with Crippen molar-refractivity contribution in [2.45, 2.75) is 58.1 Å². The third-order valence-corrected chi connectivity index (χ3v) is 6.29. The summed E-state index contributed by atoms with van der Waals surface area (Å²) in [7, 11) is -1.02. The van der Waals surface area contributed by atoms with E-state index in [-0.39, 0.29) is 0 Å². The Hall–Kier alpha value is -1.39. The van der Waals surface area contributed by atoms with Gasteiger partial charge in [-0.15, -0.1) is 0 Å². The first-order chi connectivity index (χ1) is 11.0. The van der Waals surface area contributed by atoms with E-state index in [0.717, 1.165) is 12.3 Å². The van der Waals surface area contributed by atoms with Crippen molar-refractivity contribution < 1.29 is 4.74 Å². The van der Waals surface area contributed by atoms with Crippen LogP contribution in [0.2, 0.25) is 25.7 Å². The van der Waals surface area contributed by atoms with Crippen molar-refractivity contribution in [3.05, 3.63) is 41.9 Å². The molecule has 0 amide bonds. The number of hydrogen-bond donors (Lipinski definition) is 0. The largest absolute Gasteiger partial charge is 0.361 e. The number of aromatic nitrogens is 2. The summed E-state index contributed by atoms with van der Waals surface area (Å²) in [6.07, 6.45) is 8.92. The summed E-state index contributed by atoms with van der Waals surface area (Å²) < 4.78 is 8.01. The average molecular weight is 329 g/mol. The van der Waals surface area contributed by atoms with Gasteiger partial charge in [0.15, 0.2) is 0 Å². The molecule has 0 radical (unpaired) electrons. The highest BCUT2D eigenvalue weighted by molar-refractivity contribution is 6.76. The molecule has 3 nitrogen and oxygen atoms in total. The fourth-order valence-electron chi connectivity index (χ4n) is 3.10. The summed E-state index contributed by atoms with van der Waals surface area (Å²) >= 11 is 0. The molecule has 1 aromatic carbocycles. The molecule has 0 saturated carbocycles. The second-order valence-electron chi connectivity index (χ2n) is 7.79. The molecule has 3 rings (SSSR count). The van der Waals surface area contributed by atoms with Crippen LogP contribution in [0.1, 0.15) is 24.0 Å². The van der Waals surface area contributed by atoms with Crippen molar-refractivity contribution in [1.29, 1.82) is 0 Å². The Morgan fingerprint density at radius 1 is 1.13 bits per heavy atom. The standard InChI is InChI=1S/C19H28N2OSi/c1-23(2,3)11-10-22-15-21-14-20-13-19(21)18-9-8-16-6-4-5-7-17(16)12-18/h8-9,12-14H,4-7,10-11,15H2,1-3H3. The third-order valence-electron chi connectivity index (χ3n) is 4.58. The summed E-state index contributed by atoms with van der Waals surface area (Å²) in [5.74, 6) is 0. The molecule has 1 heterocycles. The number of rotatable bonds is 6. The fourth-order valence-corrected chi connectivity index (χ4v) is 3.85. The molecule has 0 bridgehead atoms. The van der Waals surface area contributed by atoms with E-state index in [2.05, 4.69) is 47.4 Å². The van der Waals surface area contributed by atoms with Gasteiger partial charge in [0.25, 0.3) is 0 Å². The highest BCUT2D eigenvalue weighted by atomic mass is 28.3. The molecule has 0 atom stereocenters. The van der Waals surface area contributed by atoms with Crippen LogP contribution in [0.4, 0.5) is 0 Å². The van der Waals surface area contributed by atoms with E-state index in [9.17, 15) is 0 Å². The van der Waals surface area contributed by atoms with E-state index < -0.39 is 8.07 Å². The Labute approximate surface area is 140 Å². The van der Waals surface area contributed by atoms with Gasteiger partial charge < -0.3 is 9.30 Å². The molecule has 1 aliphatic rings. The molecule has 0 fully saturated rings. The minimum atomic E-state index is -1.02. The van der Waals surface area contributed by atoms with E-state index >= 15 is 0 Å². The zero-order valence-corrected chi connectivity index (χ0v) is 15.6. The lowest BCUT2D eigenvalue weighted by atomic mass is 9.90. The number of aryl methyl sites for hydroxylation is 2. The number of nitrogens with zero attached hydrogens (tertiary/aromatic N) is 2. The zero-order chi connectivity index (χ0) is 16.3. The van der Waals surface area contributed by atoms with Gasteiger partial charge in [0.2, 0.25) is 0 Å². The third kappa shape index (κ3) is 4.33. The molecule has 0 N–H and O–H groups in total. The van der Waals surface area contributed by atoms with Crippen LogP contribution in [0.15, 0.2) is 30.7 Å². The number of imidazole rings is 1. The molecular formula is C19H28N2OSi. The van der Waals surface area contributed by atoms with Gasteiger partial charge in [0.1, 0.15) is 6.73 Å². The summed E-state index contributed by atoms with van der Waals surface area (Å²) in [5.41, 5.74) is 5.46. The summed E-state index contributed by atoms with van der Waals surface area (Å²) in [6.45, 7) is 8.58. The molecule has 4 heteroatoms. The van der Waals surface area contributed by atoms with Crippen LogP contribution in [0.3, 0.4) is 0 Å². The Kier molecular flexibility index (Phi) is 5.02. The SMILES string of the molecule is C[Si](C)(C)CCOCn1cncc1-c1ccc2c(c1)CCCC2. The molecule has 124 valence electrons. The van der Waals surface area contributed by atoms with Gasteiger partial charge >= 0.3 is 0 Å². The molecule has 0 unspecified atom stereocenters. The van der Waals surface area contributed by atoms with Gasteiger partial charge in [-0.05, 0) is 48.9 Å². The van der Waals surface area contributed by atoms with Crippen LogP contribution in [0.5, 0.6) is 0 Å². The van der Waals surface area contributed by atoms with Crippen molar-refractivity contribution >= 4 is 8.07 Å². The lowest BCUT2D eigenvalue weighted by Crippen LogP contribution is -2.22. The first kappa shape index (κ1) is 16.5. The van der Waals surface area contributed by atoms with Crippen molar-refractivity contribution in [2.24, 2.45) is 0 Å². The molecule has 23 heavy (non-hydrogen) atoms. The van der Waals surface area contributed by atoms with E-state index in [1.165, 1.54) is 48.4 Å². The molecule has 0 spiro atoms. The number of ether oxygens (including phenoxy) is 1. The van der Waals surface area contributed by atoms with Gasteiger partial charge in [-0.25, -0.2) is 4.98 Å². The first-order valence-corrected chi connectivity index (χ1v) is 12.4. The zero-order valence-electron chi connectivity index (χ0n) is 14.6. The van der Waals surface area contributed by atoms with Crippen molar-refractivity contribution in [3.63, 3.8) is 0 Å². The highest BCUT2D eigenvalue weighted by Crippen LogP contribution is 2.27. The molecule has 1 aromatic heterocycles.